The molecule has 3 aromatic rings. The molecule has 0 bridgehead atoms. The smallest absolute Gasteiger partial charge is 0.407 e. The number of carbonyl (C=O) groups excluding carboxylic acids is 2. The second kappa shape index (κ2) is 10.3. The number of carboxylic acid groups (broad SMARTS) is 1. The zero-order valence-electron chi connectivity index (χ0n) is 18.4. The van der Waals surface area contributed by atoms with Gasteiger partial charge in [-0.25, -0.2) is 9.59 Å². The lowest BCUT2D eigenvalue weighted by atomic mass is 9.98. The first-order valence-electron chi connectivity index (χ1n) is 10.8. The molecule has 7 nitrogen and oxygen atoms in total. The number of alkyl carbamates (subject to hydrolysis) is 1. The van der Waals surface area contributed by atoms with Crippen LogP contribution in [0.5, 0.6) is 0 Å². The van der Waals surface area contributed by atoms with E-state index in [-0.39, 0.29) is 18.1 Å². The molecule has 1 aliphatic carbocycles. The summed E-state index contributed by atoms with van der Waals surface area (Å²) < 4.78 is 6.20. The minimum atomic E-state index is -1.09. The van der Waals surface area contributed by atoms with Crippen LogP contribution in [0.3, 0.4) is 0 Å². The van der Waals surface area contributed by atoms with Crippen molar-refractivity contribution in [2.45, 2.75) is 25.3 Å². The summed E-state index contributed by atoms with van der Waals surface area (Å²) in [6.07, 6.45) is -0.344. The average molecular weight is 570 g/mol. The largest absolute Gasteiger partial charge is 0.478 e. The van der Waals surface area contributed by atoms with Crippen molar-refractivity contribution in [3.05, 3.63) is 87.0 Å². The Bertz CT molecular complexity index is 1210. The minimum absolute atomic E-state index is 0.0692. The first kappa shape index (κ1) is 23.7. The fraction of sp³-hybridized carbons (Fsp3) is 0.192. The van der Waals surface area contributed by atoms with E-state index in [1.807, 2.05) is 59.0 Å². The highest BCUT2D eigenvalue weighted by Crippen LogP contribution is 2.44. The quantitative estimate of drug-likeness (QED) is 0.337. The van der Waals surface area contributed by atoms with E-state index in [9.17, 15) is 19.5 Å². The summed E-state index contributed by atoms with van der Waals surface area (Å²) >= 11 is 1.98. The number of halogens is 1. The summed E-state index contributed by atoms with van der Waals surface area (Å²) in [6.45, 7) is 1.92. The van der Waals surface area contributed by atoms with Gasteiger partial charge in [0.15, 0.2) is 0 Å². The van der Waals surface area contributed by atoms with Gasteiger partial charge in [0.25, 0.3) is 0 Å². The number of hydrogen-bond acceptors (Lipinski definition) is 4. The zero-order chi connectivity index (χ0) is 24.2. The molecular weight excluding hydrogens is 547 g/mol. The van der Waals surface area contributed by atoms with Gasteiger partial charge < -0.3 is 20.5 Å². The van der Waals surface area contributed by atoms with E-state index in [0.717, 1.165) is 22.3 Å². The van der Waals surface area contributed by atoms with Gasteiger partial charge >= 0.3 is 12.1 Å². The molecule has 0 unspecified atom stereocenters. The highest BCUT2D eigenvalue weighted by molar-refractivity contribution is 14.1. The van der Waals surface area contributed by atoms with Crippen molar-refractivity contribution < 1.29 is 24.2 Å². The fourth-order valence-corrected chi connectivity index (χ4v) is 4.82. The Morgan fingerprint density at radius 3 is 2.21 bits per heavy atom. The lowest BCUT2D eigenvalue weighted by Gasteiger charge is -2.19. The van der Waals surface area contributed by atoms with Gasteiger partial charge in [-0.2, -0.15) is 0 Å². The molecule has 0 fully saturated rings. The van der Waals surface area contributed by atoms with Crippen LogP contribution in [0.25, 0.3) is 11.1 Å². The maximum atomic E-state index is 12.7. The number of rotatable bonds is 7. The number of nitrogens with one attached hydrogen (secondary N) is 2. The highest BCUT2D eigenvalue weighted by Gasteiger charge is 2.29. The molecule has 3 aromatic carbocycles. The molecule has 34 heavy (non-hydrogen) atoms. The molecule has 0 saturated heterocycles. The molecule has 3 N–H and O–H groups in total. The van der Waals surface area contributed by atoms with E-state index in [1.165, 1.54) is 12.1 Å². The van der Waals surface area contributed by atoms with Gasteiger partial charge in [-0.05, 0) is 69.5 Å². The Hall–Kier alpha value is -3.40. The Labute approximate surface area is 210 Å². The van der Waals surface area contributed by atoms with Crippen molar-refractivity contribution in [1.82, 2.24) is 5.32 Å². The monoisotopic (exact) mass is 570 g/mol. The molecule has 0 saturated carbocycles. The Morgan fingerprint density at radius 1 is 1.00 bits per heavy atom. The summed E-state index contributed by atoms with van der Waals surface area (Å²) in [5.41, 5.74) is 4.90. The SMILES string of the molecule is CC[C@@H](NC(=O)OCC1c2ccccc2-c2ccccc21)C(=O)Nc1cc(I)cc(C(=O)O)c1. The van der Waals surface area contributed by atoms with E-state index < -0.39 is 24.0 Å². The summed E-state index contributed by atoms with van der Waals surface area (Å²) in [5, 5.41) is 14.5. The third-order valence-electron chi connectivity index (χ3n) is 5.77. The number of anilines is 1. The molecule has 174 valence electrons. The number of benzene rings is 3. The number of carboxylic acids is 1. The summed E-state index contributed by atoms with van der Waals surface area (Å²) in [4.78, 5) is 36.6. The van der Waals surface area contributed by atoms with Crippen LogP contribution in [0.4, 0.5) is 10.5 Å². The molecule has 0 spiro atoms. The van der Waals surface area contributed by atoms with Crippen LogP contribution in [0, 0.1) is 3.57 Å². The normalized spacial score (nSPS) is 12.9. The second-order valence-electron chi connectivity index (χ2n) is 7.95. The van der Waals surface area contributed by atoms with Gasteiger partial charge in [-0.15, -0.1) is 0 Å². The molecule has 0 aliphatic heterocycles. The first-order chi connectivity index (χ1) is 16.4. The highest BCUT2D eigenvalue weighted by atomic mass is 127. The van der Waals surface area contributed by atoms with Crippen LogP contribution in [-0.2, 0) is 9.53 Å². The second-order valence-corrected chi connectivity index (χ2v) is 9.20. The van der Waals surface area contributed by atoms with E-state index in [2.05, 4.69) is 22.8 Å². The molecule has 1 aliphatic rings. The van der Waals surface area contributed by atoms with Gasteiger partial charge in [0, 0.05) is 15.2 Å². The summed E-state index contributed by atoms with van der Waals surface area (Å²) in [6, 6.07) is 19.8. The summed E-state index contributed by atoms with van der Waals surface area (Å²) in [7, 11) is 0. The van der Waals surface area contributed by atoms with Crippen LogP contribution in [-0.4, -0.2) is 35.7 Å². The van der Waals surface area contributed by atoms with E-state index in [1.54, 1.807) is 13.0 Å². The Balaban J connectivity index is 1.40. The third kappa shape index (κ3) is 5.06. The molecule has 0 heterocycles. The van der Waals surface area contributed by atoms with Crippen LogP contribution in [0.15, 0.2) is 66.7 Å². The summed E-state index contributed by atoms with van der Waals surface area (Å²) in [5.74, 6) is -1.61. The number of carbonyl (C=O) groups is 3. The van der Waals surface area contributed by atoms with Crippen LogP contribution in [0.2, 0.25) is 0 Å². The Morgan fingerprint density at radius 2 is 1.62 bits per heavy atom. The maximum Gasteiger partial charge on any atom is 0.407 e. The van der Waals surface area contributed by atoms with Gasteiger partial charge in [-0.3, -0.25) is 4.79 Å². The Kier molecular flexibility index (Phi) is 7.16. The van der Waals surface area contributed by atoms with Crippen molar-refractivity contribution in [1.29, 1.82) is 0 Å². The van der Waals surface area contributed by atoms with Crippen molar-refractivity contribution in [3.8, 4) is 11.1 Å². The molecule has 2 amide bonds. The van der Waals surface area contributed by atoms with E-state index in [4.69, 9.17) is 4.74 Å². The number of ether oxygens (including phenoxy) is 1. The van der Waals surface area contributed by atoms with Crippen molar-refractivity contribution in [2.24, 2.45) is 0 Å². The standard InChI is InChI=1S/C26H23IN2O5/c1-2-23(24(30)28-17-12-15(25(31)32)11-16(27)13-17)29-26(33)34-14-22-20-9-5-3-7-18(20)19-8-4-6-10-21(19)22/h3-13,22-23H,2,14H2,1H3,(H,28,30)(H,29,33)(H,31,32)/t23-/m1/s1. The van der Waals surface area contributed by atoms with E-state index >= 15 is 0 Å². The maximum absolute atomic E-state index is 12.7. The molecule has 0 radical (unpaired) electrons. The topological polar surface area (TPSA) is 105 Å². The van der Waals surface area contributed by atoms with Gasteiger partial charge in [0.1, 0.15) is 12.6 Å². The van der Waals surface area contributed by atoms with E-state index in [0.29, 0.717) is 15.7 Å². The predicted octanol–water partition coefficient (Wildman–Crippen LogP) is 5.25. The minimum Gasteiger partial charge on any atom is -0.478 e. The first-order valence-corrected chi connectivity index (χ1v) is 11.9. The molecule has 4 rings (SSSR count). The lowest BCUT2D eigenvalue weighted by Crippen LogP contribution is -2.43. The molecule has 1 atom stereocenters. The van der Waals surface area contributed by atoms with Gasteiger partial charge in [0.05, 0.1) is 5.56 Å². The van der Waals surface area contributed by atoms with Crippen molar-refractivity contribution >= 4 is 46.2 Å². The molecular formula is C26H23IN2O5. The van der Waals surface area contributed by atoms with Crippen LogP contribution in [0.1, 0.15) is 40.7 Å². The van der Waals surface area contributed by atoms with Gasteiger partial charge in [0.2, 0.25) is 5.91 Å². The van der Waals surface area contributed by atoms with Crippen LogP contribution >= 0.6 is 22.6 Å². The van der Waals surface area contributed by atoms with Crippen molar-refractivity contribution in [3.63, 3.8) is 0 Å². The number of hydrogen-bond donors (Lipinski definition) is 3. The predicted molar refractivity (Wildman–Crippen MR) is 137 cm³/mol. The fourth-order valence-electron chi connectivity index (χ4n) is 4.15. The van der Waals surface area contributed by atoms with Gasteiger partial charge in [-0.1, -0.05) is 55.5 Å². The average Bonchev–Trinajstić information content (AvgIpc) is 3.14. The zero-order valence-corrected chi connectivity index (χ0v) is 20.5. The van der Waals surface area contributed by atoms with Crippen LogP contribution < -0.4 is 10.6 Å². The molecule has 0 aromatic heterocycles. The molecule has 8 heteroatoms. The number of fused-ring (bicyclic) bond motifs is 3. The third-order valence-corrected chi connectivity index (χ3v) is 6.40. The van der Waals surface area contributed by atoms with Crippen molar-refractivity contribution in [2.75, 3.05) is 11.9 Å². The lowest BCUT2D eigenvalue weighted by molar-refractivity contribution is -0.118. The number of aromatic carboxylic acids is 1. The number of amides is 2.